The standard InChI is InChI=1S/C13H15F2NO3S/c1-3-12(2)9-11(16-19-12)20(17,18)13(14,15)10-7-5-4-6-8-10/h4-8H,3,9H2,1-2H3. The minimum Gasteiger partial charge on any atom is -0.388 e. The molecule has 2 rings (SSSR count). The lowest BCUT2D eigenvalue weighted by Crippen LogP contribution is -2.34. The van der Waals surface area contributed by atoms with Crippen molar-refractivity contribution in [3.63, 3.8) is 0 Å². The molecule has 1 aromatic carbocycles. The fourth-order valence-corrected chi connectivity index (χ4v) is 3.19. The average molecular weight is 303 g/mol. The molecule has 7 heteroatoms. The molecule has 0 saturated carbocycles. The predicted molar refractivity (Wildman–Crippen MR) is 71.1 cm³/mol. The van der Waals surface area contributed by atoms with E-state index in [4.69, 9.17) is 4.84 Å². The maximum Gasteiger partial charge on any atom is 0.376 e. The SMILES string of the molecule is CCC1(C)CC(S(=O)(=O)C(F)(F)c2ccccc2)=NO1. The second kappa shape index (κ2) is 4.80. The Morgan fingerprint density at radius 1 is 1.35 bits per heavy atom. The molecule has 0 spiro atoms. The molecule has 1 unspecified atom stereocenters. The summed E-state index contributed by atoms with van der Waals surface area (Å²) in [6.07, 6.45) is 0.334. The van der Waals surface area contributed by atoms with E-state index in [9.17, 15) is 17.2 Å². The highest BCUT2D eigenvalue weighted by Gasteiger charge is 2.53. The molecular weight excluding hydrogens is 288 g/mol. The summed E-state index contributed by atoms with van der Waals surface area (Å²) in [5.74, 6) is 0. The Morgan fingerprint density at radius 2 is 1.95 bits per heavy atom. The molecule has 110 valence electrons. The Kier molecular flexibility index (Phi) is 3.58. The minimum atomic E-state index is -4.88. The molecular formula is C13H15F2NO3S. The molecule has 0 bridgehead atoms. The molecule has 0 saturated heterocycles. The van der Waals surface area contributed by atoms with Crippen molar-refractivity contribution in [2.75, 3.05) is 0 Å². The molecule has 0 aliphatic carbocycles. The molecule has 4 nitrogen and oxygen atoms in total. The zero-order chi connectivity index (χ0) is 15.0. The van der Waals surface area contributed by atoms with Crippen LogP contribution in [0.5, 0.6) is 0 Å². The van der Waals surface area contributed by atoms with Gasteiger partial charge in [0.15, 0.2) is 5.04 Å². The number of oxime groups is 1. The van der Waals surface area contributed by atoms with Crippen molar-refractivity contribution < 1.29 is 22.0 Å². The van der Waals surface area contributed by atoms with E-state index in [0.717, 1.165) is 12.1 Å². The van der Waals surface area contributed by atoms with Crippen molar-refractivity contribution in [3.05, 3.63) is 35.9 Å². The highest BCUT2D eigenvalue weighted by Crippen LogP contribution is 2.39. The van der Waals surface area contributed by atoms with Crippen LogP contribution in [0.25, 0.3) is 0 Å². The Balaban J connectivity index is 2.37. The van der Waals surface area contributed by atoms with Gasteiger partial charge >= 0.3 is 5.25 Å². The minimum absolute atomic E-state index is 0.145. The van der Waals surface area contributed by atoms with Gasteiger partial charge in [0.2, 0.25) is 0 Å². The summed E-state index contributed by atoms with van der Waals surface area (Å²) in [7, 11) is -4.88. The molecule has 0 amide bonds. The van der Waals surface area contributed by atoms with Crippen LogP contribution in [0.15, 0.2) is 35.5 Å². The van der Waals surface area contributed by atoms with Crippen molar-refractivity contribution in [2.24, 2.45) is 5.16 Å². The average Bonchev–Trinajstić information content (AvgIpc) is 2.84. The first-order chi connectivity index (χ1) is 9.23. The van der Waals surface area contributed by atoms with E-state index >= 15 is 0 Å². The summed E-state index contributed by atoms with van der Waals surface area (Å²) < 4.78 is 52.6. The van der Waals surface area contributed by atoms with Crippen molar-refractivity contribution in [3.8, 4) is 0 Å². The molecule has 1 aliphatic heterocycles. The van der Waals surface area contributed by atoms with Crippen LogP contribution in [0.1, 0.15) is 32.3 Å². The molecule has 1 heterocycles. The summed E-state index contributed by atoms with van der Waals surface area (Å²) in [5, 5.41) is -1.25. The summed E-state index contributed by atoms with van der Waals surface area (Å²) in [6.45, 7) is 3.42. The zero-order valence-electron chi connectivity index (χ0n) is 11.1. The van der Waals surface area contributed by atoms with E-state index in [1.54, 1.807) is 13.8 Å². The molecule has 1 atom stereocenters. The topological polar surface area (TPSA) is 55.7 Å². The van der Waals surface area contributed by atoms with E-state index in [0.29, 0.717) is 6.42 Å². The lowest BCUT2D eigenvalue weighted by atomic mass is 10.0. The molecule has 0 N–H and O–H groups in total. The van der Waals surface area contributed by atoms with Gasteiger partial charge in [0.05, 0.1) is 0 Å². The van der Waals surface area contributed by atoms with E-state index in [1.165, 1.54) is 18.2 Å². The molecule has 0 radical (unpaired) electrons. The van der Waals surface area contributed by atoms with Gasteiger partial charge in [0.25, 0.3) is 9.84 Å². The van der Waals surface area contributed by atoms with Crippen LogP contribution >= 0.6 is 0 Å². The monoisotopic (exact) mass is 303 g/mol. The van der Waals surface area contributed by atoms with Crippen LogP contribution in [-0.2, 0) is 19.9 Å². The number of benzene rings is 1. The number of alkyl halides is 2. The summed E-state index contributed by atoms with van der Waals surface area (Å²) in [5.41, 5.74) is -1.41. The Morgan fingerprint density at radius 3 is 2.45 bits per heavy atom. The van der Waals surface area contributed by atoms with Crippen LogP contribution in [-0.4, -0.2) is 19.1 Å². The van der Waals surface area contributed by atoms with E-state index in [1.807, 2.05) is 0 Å². The highest BCUT2D eigenvalue weighted by molar-refractivity contribution is 8.06. The Labute approximate surface area is 116 Å². The normalized spacial score (nSPS) is 23.3. The first-order valence-electron chi connectivity index (χ1n) is 6.16. The van der Waals surface area contributed by atoms with Gasteiger partial charge in [0, 0.05) is 12.0 Å². The number of nitrogens with zero attached hydrogens (tertiary/aromatic N) is 1. The third-order valence-corrected chi connectivity index (χ3v) is 5.15. The fraction of sp³-hybridized carbons (Fsp3) is 0.462. The van der Waals surface area contributed by atoms with Gasteiger partial charge in [-0.1, -0.05) is 42.4 Å². The van der Waals surface area contributed by atoms with Crippen LogP contribution in [0, 0.1) is 0 Å². The quantitative estimate of drug-likeness (QED) is 0.862. The number of hydrogen-bond acceptors (Lipinski definition) is 4. The van der Waals surface area contributed by atoms with Crippen LogP contribution in [0.4, 0.5) is 8.78 Å². The van der Waals surface area contributed by atoms with Gasteiger partial charge < -0.3 is 4.84 Å². The van der Waals surface area contributed by atoms with Crippen molar-refractivity contribution in [1.29, 1.82) is 0 Å². The second-order valence-electron chi connectivity index (χ2n) is 4.94. The number of halogens is 2. The molecule has 20 heavy (non-hydrogen) atoms. The van der Waals surface area contributed by atoms with Crippen molar-refractivity contribution in [2.45, 2.75) is 37.5 Å². The lowest BCUT2D eigenvalue weighted by molar-refractivity contribution is -0.00605. The fourth-order valence-electron chi connectivity index (χ4n) is 1.81. The smallest absolute Gasteiger partial charge is 0.376 e. The maximum absolute atomic E-state index is 14.2. The van der Waals surface area contributed by atoms with Gasteiger partial charge in [-0.2, -0.15) is 8.78 Å². The van der Waals surface area contributed by atoms with E-state index < -0.39 is 31.3 Å². The molecule has 1 aromatic rings. The second-order valence-corrected chi connectivity index (χ2v) is 6.93. The summed E-state index contributed by atoms with van der Waals surface area (Å²) in [6, 6.07) is 6.42. The molecule has 0 aromatic heterocycles. The maximum atomic E-state index is 14.2. The predicted octanol–water partition coefficient (Wildman–Crippen LogP) is 3.05. The molecule has 1 aliphatic rings. The number of sulfone groups is 1. The van der Waals surface area contributed by atoms with Crippen LogP contribution in [0.3, 0.4) is 0 Å². The molecule has 0 fully saturated rings. The lowest BCUT2D eigenvalue weighted by Gasteiger charge is -2.19. The third kappa shape index (κ3) is 2.30. The summed E-state index contributed by atoms with van der Waals surface area (Å²) >= 11 is 0. The highest BCUT2D eigenvalue weighted by atomic mass is 32.2. The van der Waals surface area contributed by atoms with Crippen molar-refractivity contribution in [1.82, 2.24) is 0 Å². The van der Waals surface area contributed by atoms with Gasteiger partial charge in [-0.15, -0.1) is 0 Å². The van der Waals surface area contributed by atoms with Gasteiger partial charge in [-0.25, -0.2) is 8.42 Å². The van der Waals surface area contributed by atoms with Gasteiger partial charge in [-0.05, 0) is 13.3 Å². The first-order valence-corrected chi connectivity index (χ1v) is 7.64. The van der Waals surface area contributed by atoms with Gasteiger partial charge in [-0.3, -0.25) is 0 Å². The zero-order valence-corrected chi connectivity index (χ0v) is 12.0. The Hall–Kier alpha value is -1.50. The van der Waals surface area contributed by atoms with Crippen molar-refractivity contribution >= 4 is 14.9 Å². The summed E-state index contributed by atoms with van der Waals surface area (Å²) in [4.78, 5) is 5.00. The van der Waals surface area contributed by atoms with Crippen LogP contribution in [0.2, 0.25) is 0 Å². The third-order valence-electron chi connectivity index (χ3n) is 3.40. The van der Waals surface area contributed by atoms with Crippen LogP contribution < -0.4 is 0 Å². The Bertz CT molecular complexity index is 628. The number of hydrogen-bond donors (Lipinski definition) is 0. The van der Waals surface area contributed by atoms with Gasteiger partial charge in [0.1, 0.15) is 5.60 Å². The largest absolute Gasteiger partial charge is 0.388 e. The van der Waals surface area contributed by atoms with E-state index in [-0.39, 0.29) is 6.42 Å². The number of rotatable bonds is 3. The first kappa shape index (κ1) is 14.9. The van der Waals surface area contributed by atoms with E-state index in [2.05, 4.69) is 5.16 Å².